The molecule has 0 fully saturated rings. The first-order valence-electron chi connectivity index (χ1n) is 4.45. The van der Waals surface area contributed by atoms with E-state index in [4.69, 9.17) is 11.6 Å². The van der Waals surface area contributed by atoms with E-state index in [2.05, 4.69) is 54.9 Å². The molecule has 0 aliphatic heterocycles. The van der Waals surface area contributed by atoms with E-state index in [-0.39, 0.29) is 0 Å². The summed E-state index contributed by atoms with van der Waals surface area (Å²) >= 11 is 13.1. The lowest BCUT2D eigenvalue weighted by molar-refractivity contribution is 1.17. The average molecular weight is 430 g/mol. The normalized spacial score (nSPS) is 10.4. The molecule has 1 aromatic carbocycles. The zero-order valence-electron chi connectivity index (χ0n) is 8.01. The first-order chi connectivity index (χ1) is 7.66. The van der Waals surface area contributed by atoms with Crippen molar-refractivity contribution in [1.29, 1.82) is 0 Å². The van der Waals surface area contributed by atoms with Crippen LogP contribution in [0.3, 0.4) is 0 Å². The Hall–Kier alpha value is 0.150. The van der Waals surface area contributed by atoms with Crippen molar-refractivity contribution in [3.05, 3.63) is 41.8 Å². The van der Waals surface area contributed by atoms with Crippen LogP contribution in [0.2, 0.25) is 4.47 Å². The molecule has 1 heterocycles. The molecule has 2 rings (SSSR count). The Morgan fingerprint density at radius 3 is 3.00 bits per heavy atom. The highest BCUT2D eigenvalue weighted by atomic mass is 127. The summed E-state index contributed by atoms with van der Waals surface area (Å²) in [4.78, 5) is 5.12. The molecule has 1 aromatic heterocycles. The van der Waals surface area contributed by atoms with Crippen molar-refractivity contribution in [1.82, 2.24) is 4.98 Å². The average Bonchev–Trinajstić information content (AvgIpc) is 2.67. The number of nitrogens with one attached hydrogen (secondary N) is 1. The lowest BCUT2D eigenvalue weighted by Crippen LogP contribution is -1.98. The van der Waals surface area contributed by atoms with Gasteiger partial charge in [-0.05, 0) is 50.7 Å². The number of aromatic nitrogens is 1. The SMILES string of the molecule is Clc1ncc(CNc2cccc(I)c2Br)s1. The van der Waals surface area contributed by atoms with E-state index in [9.17, 15) is 0 Å². The predicted molar refractivity (Wildman–Crippen MR) is 81.3 cm³/mol. The molecular weight excluding hydrogens is 422 g/mol. The monoisotopic (exact) mass is 428 g/mol. The summed E-state index contributed by atoms with van der Waals surface area (Å²) in [6, 6.07) is 6.11. The van der Waals surface area contributed by atoms with Gasteiger partial charge in [-0.1, -0.05) is 17.7 Å². The predicted octanol–water partition coefficient (Wildman–Crippen LogP) is 4.78. The summed E-state index contributed by atoms with van der Waals surface area (Å²) in [5.41, 5.74) is 1.08. The van der Waals surface area contributed by atoms with Crippen molar-refractivity contribution >= 4 is 67.1 Å². The van der Waals surface area contributed by atoms with Crippen LogP contribution in [-0.2, 0) is 6.54 Å². The van der Waals surface area contributed by atoms with Crippen LogP contribution in [-0.4, -0.2) is 4.98 Å². The Morgan fingerprint density at radius 1 is 1.50 bits per heavy atom. The molecule has 0 aliphatic carbocycles. The van der Waals surface area contributed by atoms with E-state index in [1.165, 1.54) is 14.9 Å². The smallest absolute Gasteiger partial charge is 0.183 e. The summed E-state index contributed by atoms with van der Waals surface area (Å²) in [5.74, 6) is 0. The van der Waals surface area contributed by atoms with Crippen molar-refractivity contribution in [2.75, 3.05) is 5.32 Å². The van der Waals surface area contributed by atoms with Crippen LogP contribution in [0.25, 0.3) is 0 Å². The van der Waals surface area contributed by atoms with Crippen LogP contribution < -0.4 is 5.32 Å². The minimum atomic E-state index is 0.582. The van der Waals surface area contributed by atoms with Gasteiger partial charge < -0.3 is 5.32 Å². The third-order valence-electron chi connectivity index (χ3n) is 1.93. The highest BCUT2D eigenvalue weighted by molar-refractivity contribution is 14.1. The Labute approximate surface area is 125 Å². The fraction of sp³-hybridized carbons (Fsp3) is 0.100. The van der Waals surface area contributed by atoms with E-state index < -0.39 is 0 Å². The minimum absolute atomic E-state index is 0.582. The maximum Gasteiger partial charge on any atom is 0.183 e. The van der Waals surface area contributed by atoms with E-state index in [1.54, 1.807) is 6.20 Å². The molecule has 2 nitrogen and oxygen atoms in total. The zero-order chi connectivity index (χ0) is 11.5. The van der Waals surface area contributed by atoms with Crippen LogP contribution in [0.4, 0.5) is 5.69 Å². The first kappa shape index (κ1) is 12.6. The molecule has 0 saturated carbocycles. The third-order valence-corrected chi connectivity index (χ3v) is 5.54. The van der Waals surface area contributed by atoms with E-state index in [0.717, 1.165) is 21.6 Å². The van der Waals surface area contributed by atoms with Crippen molar-refractivity contribution < 1.29 is 0 Å². The Balaban J connectivity index is 2.07. The molecule has 0 aliphatic rings. The number of benzene rings is 1. The lowest BCUT2D eigenvalue weighted by Gasteiger charge is -2.08. The summed E-state index contributed by atoms with van der Waals surface area (Å²) in [5, 5.41) is 3.34. The highest BCUT2D eigenvalue weighted by Gasteiger charge is 2.04. The van der Waals surface area contributed by atoms with Gasteiger partial charge in [0.05, 0.1) is 11.0 Å². The number of hydrogen-bond donors (Lipinski definition) is 1. The molecule has 16 heavy (non-hydrogen) atoms. The van der Waals surface area contributed by atoms with Gasteiger partial charge >= 0.3 is 0 Å². The largest absolute Gasteiger partial charge is 0.379 e. The van der Waals surface area contributed by atoms with Gasteiger partial charge in [-0.25, -0.2) is 4.98 Å². The number of anilines is 1. The molecule has 0 saturated heterocycles. The van der Waals surface area contributed by atoms with Crippen molar-refractivity contribution in [3.63, 3.8) is 0 Å². The molecule has 2 aromatic rings. The summed E-state index contributed by atoms with van der Waals surface area (Å²) in [6.45, 7) is 0.739. The number of halogens is 3. The summed E-state index contributed by atoms with van der Waals surface area (Å²) < 4.78 is 2.86. The fourth-order valence-electron chi connectivity index (χ4n) is 1.19. The van der Waals surface area contributed by atoms with Crippen LogP contribution in [0, 0.1) is 3.57 Å². The molecule has 1 N–H and O–H groups in total. The van der Waals surface area contributed by atoms with E-state index >= 15 is 0 Å². The second kappa shape index (κ2) is 5.66. The molecular formula is C10H7BrClIN2S. The number of thiazole rings is 1. The standard InChI is InChI=1S/C10H7BrClIN2S/c11-9-7(13)2-1-3-8(9)14-4-6-5-15-10(12)16-6/h1-3,5,14H,4H2. The van der Waals surface area contributed by atoms with Gasteiger partial charge in [-0.15, -0.1) is 11.3 Å². The molecule has 0 bridgehead atoms. The van der Waals surface area contributed by atoms with Gasteiger partial charge in [0.1, 0.15) is 0 Å². The molecule has 6 heteroatoms. The van der Waals surface area contributed by atoms with Gasteiger partial charge in [0.25, 0.3) is 0 Å². The van der Waals surface area contributed by atoms with Crippen LogP contribution in [0.15, 0.2) is 28.9 Å². The zero-order valence-corrected chi connectivity index (χ0v) is 13.3. The minimum Gasteiger partial charge on any atom is -0.379 e. The van der Waals surface area contributed by atoms with Gasteiger partial charge in [0.2, 0.25) is 0 Å². The van der Waals surface area contributed by atoms with E-state index in [1.807, 2.05) is 12.1 Å². The van der Waals surface area contributed by atoms with Gasteiger partial charge in [0.15, 0.2) is 4.47 Å². The lowest BCUT2D eigenvalue weighted by atomic mass is 10.3. The molecule has 0 atom stereocenters. The van der Waals surface area contributed by atoms with Crippen LogP contribution >= 0.6 is 61.5 Å². The summed E-state index contributed by atoms with van der Waals surface area (Å²) in [6.07, 6.45) is 1.79. The number of nitrogens with zero attached hydrogens (tertiary/aromatic N) is 1. The topological polar surface area (TPSA) is 24.9 Å². The molecule has 84 valence electrons. The van der Waals surface area contributed by atoms with E-state index in [0.29, 0.717) is 4.47 Å². The molecule has 0 unspecified atom stereocenters. The summed E-state index contributed by atoms with van der Waals surface area (Å²) in [7, 11) is 0. The van der Waals surface area contributed by atoms with Crippen LogP contribution in [0.1, 0.15) is 4.88 Å². The maximum atomic E-state index is 5.77. The maximum absolute atomic E-state index is 5.77. The van der Waals surface area contributed by atoms with Gasteiger partial charge in [-0.3, -0.25) is 0 Å². The van der Waals surface area contributed by atoms with Crippen molar-refractivity contribution in [2.45, 2.75) is 6.54 Å². The van der Waals surface area contributed by atoms with Crippen molar-refractivity contribution in [3.8, 4) is 0 Å². The fourth-order valence-corrected chi connectivity index (χ4v) is 3.01. The number of rotatable bonds is 3. The highest BCUT2D eigenvalue weighted by Crippen LogP contribution is 2.28. The van der Waals surface area contributed by atoms with Gasteiger partial charge in [0, 0.05) is 20.3 Å². The van der Waals surface area contributed by atoms with Crippen molar-refractivity contribution in [2.24, 2.45) is 0 Å². The quantitative estimate of drug-likeness (QED) is 0.711. The molecule has 0 amide bonds. The van der Waals surface area contributed by atoms with Crippen LogP contribution in [0.5, 0.6) is 0 Å². The Morgan fingerprint density at radius 2 is 2.31 bits per heavy atom. The second-order valence-electron chi connectivity index (χ2n) is 3.03. The molecule has 0 spiro atoms. The third kappa shape index (κ3) is 3.09. The number of hydrogen-bond acceptors (Lipinski definition) is 3. The first-order valence-corrected chi connectivity index (χ1v) is 7.51. The molecule has 0 radical (unpaired) electrons. The second-order valence-corrected chi connectivity index (χ2v) is 6.69. The Kier molecular flexibility index (Phi) is 4.46. The Bertz CT molecular complexity index is 503. The van der Waals surface area contributed by atoms with Gasteiger partial charge in [-0.2, -0.15) is 0 Å².